The average Bonchev–Trinajstić information content (AvgIpc) is 3.43. The third-order valence-electron chi connectivity index (χ3n) is 5.97. The van der Waals surface area contributed by atoms with E-state index in [1.54, 1.807) is 25.3 Å². The largest absolute Gasteiger partial charge is 0.459 e. The molecule has 0 aliphatic carbocycles. The van der Waals surface area contributed by atoms with Gasteiger partial charge in [0.2, 0.25) is 0 Å². The summed E-state index contributed by atoms with van der Waals surface area (Å²) in [6.07, 6.45) is 1.75. The van der Waals surface area contributed by atoms with Gasteiger partial charge in [0.25, 0.3) is 0 Å². The third kappa shape index (κ3) is 3.90. The second kappa shape index (κ2) is 8.61. The van der Waals surface area contributed by atoms with Gasteiger partial charge in [-0.15, -0.1) is 0 Å². The van der Waals surface area contributed by atoms with Crippen LogP contribution in [0.1, 0.15) is 34.7 Å². The van der Waals surface area contributed by atoms with Crippen LogP contribution in [0.4, 0.5) is 10.1 Å². The van der Waals surface area contributed by atoms with Gasteiger partial charge in [-0.05, 0) is 85.7 Å². The van der Waals surface area contributed by atoms with Crippen LogP contribution in [0.3, 0.4) is 0 Å². The Hall–Kier alpha value is -3.22. The molecule has 0 radical (unpaired) electrons. The number of aromatic nitrogens is 1. The molecule has 2 atom stereocenters. The second-order valence-electron chi connectivity index (χ2n) is 8.04. The first-order valence-electron chi connectivity index (χ1n) is 10.6. The van der Waals surface area contributed by atoms with Crippen molar-refractivity contribution >= 4 is 34.6 Å². The lowest BCUT2D eigenvalue weighted by Gasteiger charge is -2.26. The summed E-state index contributed by atoms with van der Waals surface area (Å²) in [6, 6.07) is 19.8. The van der Waals surface area contributed by atoms with E-state index in [4.69, 9.17) is 28.2 Å². The minimum atomic E-state index is -0.314. The van der Waals surface area contributed by atoms with Crippen LogP contribution in [0.25, 0.3) is 11.3 Å². The molecule has 1 N–H and O–H groups in total. The first-order valence-corrected chi connectivity index (χ1v) is 11.3. The van der Waals surface area contributed by atoms with Crippen molar-refractivity contribution in [2.75, 3.05) is 4.90 Å². The fourth-order valence-corrected chi connectivity index (χ4v) is 4.75. The van der Waals surface area contributed by atoms with Crippen molar-refractivity contribution in [3.8, 4) is 11.3 Å². The highest BCUT2D eigenvalue weighted by Crippen LogP contribution is 2.43. The average molecular weight is 478 g/mol. The number of benzene rings is 2. The number of rotatable bonds is 4. The Labute approximate surface area is 202 Å². The van der Waals surface area contributed by atoms with Crippen molar-refractivity contribution < 1.29 is 8.81 Å². The smallest absolute Gasteiger partial charge is 0.174 e. The Balaban J connectivity index is 1.62. The summed E-state index contributed by atoms with van der Waals surface area (Å²) in [6.45, 7) is 3.71. The number of anilines is 1. The molecule has 1 aliphatic rings. The molecular formula is C26H21ClFN3OS. The van der Waals surface area contributed by atoms with Gasteiger partial charge in [-0.25, -0.2) is 4.39 Å². The van der Waals surface area contributed by atoms with Gasteiger partial charge in [0.05, 0.1) is 11.7 Å². The van der Waals surface area contributed by atoms with Crippen molar-refractivity contribution in [1.29, 1.82) is 0 Å². The summed E-state index contributed by atoms with van der Waals surface area (Å²) < 4.78 is 20.4. The SMILES string of the molecule is Cc1cc(N2C(=S)N[C@@H](c3ccccn3)[C@H]2c2ccc(-c3cccc(Cl)c3C)o2)ccc1F. The van der Waals surface area contributed by atoms with Crippen LogP contribution in [-0.4, -0.2) is 10.1 Å². The predicted octanol–water partition coefficient (Wildman–Crippen LogP) is 6.93. The van der Waals surface area contributed by atoms with Gasteiger partial charge < -0.3 is 14.6 Å². The van der Waals surface area contributed by atoms with Crippen LogP contribution in [0.2, 0.25) is 5.02 Å². The van der Waals surface area contributed by atoms with Crippen molar-refractivity contribution in [2.24, 2.45) is 0 Å². The van der Waals surface area contributed by atoms with Crippen molar-refractivity contribution in [3.63, 3.8) is 0 Å². The molecule has 0 spiro atoms. The van der Waals surface area contributed by atoms with Crippen LogP contribution in [-0.2, 0) is 0 Å². The van der Waals surface area contributed by atoms with E-state index in [-0.39, 0.29) is 17.9 Å². The molecule has 1 fully saturated rings. The fraction of sp³-hybridized carbons (Fsp3) is 0.154. The summed E-state index contributed by atoms with van der Waals surface area (Å²) in [5, 5.41) is 4.60. The number of aryl methyl sites for hydroxylation is 1. The lowest BCUT2D eigenvalue weighted by atomic mass is 10.0. The molecule has 5 rings (SSSR count). The Morgan fingerprint density at radius 2 is 1.91 bits per heavy atom. The molecule has 2 aromatic heterocycles. The lowest BCUT2D eigenvalue weighted by molar-refractivity contribution is 0.439. The number of halogens is 2. The standard InChI is InChI=1S/C26H21ClFN3OS/c1-15-14-17(9-10-20(15)28)31-25(24(30-26(31)33)21-8-3-4-13-29-21)23-12-11-22(32-23)18-6-5-7-19(27)16(18)2/h3-14,24-25H,1-2H3,(H,30,33)/t24-,25+/m0/s1. The molecule has 4 nitrogen and oxygen atoms in total. The molecule has 0 saturated carbocycles. The van der Waals surface area contributed by atoms with Crippen molar-refractivity contribution in [3.05, 3.63) is 106 Å². The zero-order chi connectivity index (χ0) is 23.1. The van der Waals surface area contributed by atoms with Gasteiger partial charge in [0, 0.05) is 22.5 Å². The van der Waals surface area contributed by atoms with E-state index < -0.39 is 0 Å². The predicted molar refractivity (Wildman–Crippen MR) is 133 cm³/mol. The van der Waals surface area contributed by atoms with Crippen LogP contribution in [0.15, 0.2) is 77.3 Å². The summed E-state index contributed by atoms with van der Waals surface area (Å²) in [4.78, 5) is 6.52. The van der Waals surface area contributed by atoms with E-state index in [2.05, 4.69) is 10.3 Å². The Morgan fingerprint density at radius 3 is 2.67 bits per heavy atom. The van der Waals surface area contributed by atoms with Crippen LogP contribution < -0.4 is 10.2 Å². The molecule has 2 aromatic carbocycles. The molecule has 0 unspecified atom stereocenters. The van der Waals surface area contributed by atoms with Gasteiger partial charge in [-0.3, -0.25) is 4.98 Å². The molecule has 7 heteroatoms. The first kappa shape index (κ1) is 21.6. The fourth-order valence-electron chi connectivity index (χ4n) is 4.23. The topological polar surface area (TPSA) is 41.3 Å². The molecule has 0 amide bonds. The van der Waals surface area contributed by atoms with E-state index >= 15 is 0 Å². The maximum atomic E-state index is 14.0. The normalized spacial score (nSPS) is 17.9. The quantitative estimate of drug-likeness (QED) is 0.323. The van der Waals surface area contributed by atoms with Crippen molar-refractivity contribution in [1.82, 2.24) is 10.3 Å². The number of hydrogen-bond donors (Lipinski definition) is 1. The van der Waals surface area contributed by atoms with Gasteiger partial charge in [0.15, 0.2) is 5.11 Å². The van der Waals surface area contributed by atoms with E-state index in [0.717, 1.165) is 28.3 Å². The summed E-state index contributed by atoms with van der Waals surface area (Å²) >= 11 is 12.1. The molecule has 166 valence electrons. The lowest BCUT2D eigenvalue weighted by Crippen LogP contribution is -2.29. The van der Waals surface area contributed by atoms with E-state index in [1.165, 1.54) is 6.07 Å². The minimum absolute atomic E-state index is 0.247. The van der Waals surface area contributed by atoms with Crippen molar-refractivity contribution in [2.45, 2.75) is 25.9 Å². The summed E-state index contributed by atoms with van der Waals surface area (Å²) in [5.74, 6) is 1.18. The van der Waals surface area contributed by atoms with Gasteiger partial charge in [-0.1, -0.05) is 29.8 Å². The summed E-state index contributed by atoms with van der Waals surface area (Å²) in [7, 11) is 0. The maximum Gasteiger partial charge on any atom is 0.174 e. The minimum Gasteiger partial charge on any atom is -0.459 e. The third-order valence-corrected chi connectivity index (χ3v) is 6.69. The Kier molecular flexibility index (Phi) is 5.64. The number of thiocarbonyl (C=S) groups is 1. The molecular weight excluding hydrogens is 457 g/mol. The number of furan rings is 1. The molecule has 1 aliphatic heterocycles. The highest BCUT2D eigenvalue weighted by molar-refractivity contribution is 7.80. The molecule has 1 saturated heterocycles. The molecule has 4 aromatic rings. The maximum absolute atomic E-state index is 14.0. The zero-order valence-electron chi connectivity index (χ0n) is 18.0. The number of nitrogens with one attached hydrogen (secondary N) is 1. The first-order chi connectivity index (χ1) is 15.9. The van der Waals surface area contributed by atoms with Gasteiger partial charge in [-0.2, -0.15) is 0 Å². The van der Waals surface area contributed by atoms with Gasteiger partial charge >= 0.3 is 0 Å². The Bertz CT molecular complexity index is 1340. The number of nitrogens with zero attached hydrogens (tertiary/aromatic N) is 2. The molecule has 0 bridgehead atoms. The monoisotopic (exact) mass is 477 g/mol. The second-order valence-corrected chi connectivity index (χ2v) is 8.84. The van der Waals surface area contributed by atoms with E-state index in [1.807, 2.05) is 60.4 Å². The highest BCUT2D eigenvalue weighted by atomic mass is 35.5. The van der Waals surface area contributed by atoms with E-state index in [9.17, 15) is 4.39 Å². The highest BCUT2D eigenvalue weighted by Gasteiger charge is 2.42. The zero-order valence-corrected chi connectivity index (χ0v) is 19.6. The van der Waals surface area contributed by atoms with Gasteiger partial charge in [0.1, 0.15) is 23.4 Å². The summed E-state index contributed by atoms with van der Waals surface area (Å²) in [5.41, 5.74) is 4.05. The van der Waals surface area contributed by atoms with Crippen LogP contribution >= 0.6 is 23.8 Å². The molecule has 3 heterocycles. The van der Waals surface area contributed by atoms with E-state index in [0.29, 0.717) is 21.5 Å². The van der Waals surface area contributed by atoms with Crippen LogP contribution in [0.5, 0.6) is 0 Å². The molecule has 33 heavy (non-hydrogen) atoms. The van der Waals surface area contributed by atoms with Crippen LogP contribution in [0, 0.1) is 19.7 Å². The number of hydrogen-bond acceptors (Lipinski definition) is 3. The number of pyridine rings is 1. The Morgan fingerprint density at radius 1 is 1.06 bits per heavy atom.